The second-order valence-electron chi connectivity index (χ2n) is 16.1. The maximum Gasteiger partial charge on any atom is 0.0788 e. The first-order chi connectivity index (χ1) is 30.8. The van der Waals surface area contributed by atoms with Crippen molar-refractivity contribution in [1.29, 1.82) is 0 Å². The van der Waals surface area contributed by atoms with Crippen LogP contribution in [0.1, 0.15) is 0 Å². The molecule has 0 aliphatic heterocycles. The summed E-state index contributed by atoms with van der Waals surface area (Å²) < 4.78 is 7.34. The number of para-hydroxylation sites is 5. The van der Waals surface area contributed by atoms with Crippen molar-refractivity contribution in [3.63, 3.8) is 0 Å². The summed E-state index contributed by atoms with van der Waals surface area (Å²) in [5, 5.41) is 9.87. The average Bonchev–Trinajstić information content (AvgIpc) is 3.98. The summed E-state index contributed by atoms with van der Waals surface area (Å²) in [7, 11) is 0. The summed E-state index contributed by atoms with van der Waals surface area (Å²) in [6.45, 7) is 0. The fraction of sp³-hybridized carbons (Fsp3) is 0. The largest absolute Gasteiger partial charge is 0.310 e. The molecular weight excluding hydrogens is 753 g/mol. The van der Waals surface area contributed by atoms with E-state index in [0.29, 0.717) is 0 Å². The molecule has 4 nitrogen and oxygen atoms in total. The number of rotatable bonds is 6. The van der Waals surface area contributed by atoms with E-state index in [0.717, 1.165) is 28.4 Å². The highest BCUT2D eigenvalue weighted by Gasteiger charge is 2.22. The predicted octanol–water partition coefficient (Wildman–Crippen LogP) is 15.6. The Morgan fingerprint density at radius 3 is 1.35 bits per heavy atom. The van der Waals surface area contributed by atoms with Crippen LogP contribution in [0.15, 0.2) is 231 Å². The minimum atomic E-state index is 1.08. The average molecular weight is 791 g/mol. The van der Waals surface area contributed by atoms with Crippen LogP contribution in [0.4, 0.5) is 17.1 Å². The molecule has 13 aromatic rings. The van der Waals surface area contributed by atoms with E-state index in [4.69, 9.17) is 0 Å². The molecule has 0 saturated carbocycles. The molecule has 13 rings (SSSR count). The van der Waals surface area contributed by atoms with Crippen molar-refractivity contribution in [3.05, 3.63) is 231 Å². The van der Waals surface area contributed by atoms with Crippen molar-refractivity contribution in [3.8, 4) is 17.1 Å². The number of aromatic nitrogens is 3. The van der Waals surface area contributed by atoms with E-state index < -0.39 is 0 Å². The number of benzene rings is 10. The quantitative estimate of drug-likeness (QED) is 0.164. The first kappa shape index (κ1) is 34.5. The van der Waals surface area contributed by atoms with Gasteiger partial charge in [-0.1, -0.05) is 140 Å². The van der Waals surface area contributed by atoms with Crippen molar-refractivity contribution >= 4 is 93.3 Å². The van der Waals surface area contributed by atoms with Crippen LogP contribution in [-0.4, -0.2) is 13.7 Å². The zero-order chi connectivity index (χ0) is 40.7. The van der Waals surface area contributed by atoms with Crippen molar-refractivity contribution in [1.82, 2.24) is 13.7 Å². The number of anilines is 3. The van der Waals surface area contributed by atoms with Crippen LogP contribution >= 0.6 is 0 Å². The predicted molar refractivity (Wildman–Crippen MR) is 262 cm³/mol. The zero-order valence-electron chi connectivity index (χ0n) is 33.7. The Balaban J connectivity index is 1.01. The monoisotopic (exact) mass is 790 g/mol. The topological polar surface area (TPSA) is 18.0 Å². The molecule has 62 heavy (non-hydrogen) atoms. The number of nitrogens with zero attached hydrogens (tertiary/aromatic N) is 4. The molecule has 0 fully saturated rings. The van der Waals surface area contributed by atoms with Crippen LogP contribution in [0.2, 0.25) is 0 Å². The first-order valence-corrected chi connectivity index (χ1v) is 21.3. The summed E-state index contributed by atoms with van der Waals surface area (Å²) in [6, 6.07) is 83.9. The highest BCUT2D eigenvalue weighted by atomic mass is 15.1. The highest BCUT2D eigenvalue weighted by molar-refractivity contribution is 6.24. The molecular formula is C58H38N4. The lowest BCUT2D eigenvalue weighted by Gasteiger charge is -2.26. The Morgan fingerprint density at radius 1 is 0.258 bits per heavy atom. The van der Waals surface area contributed by atoms with E-state index in [1.54, 1.807) is 0 Å². The Kier molecular flexibility index (Phi) is 7.57. The molecule has 0 N–H and O–H groups in total. The van der Waals surface area contributed by atoms with Gasteiger partial charge in [0.15, 0.2) is 0 Å². The second-order valence-corrected chi connectivity index (χ2v) is 16.1. The normalized spacial score (nSPS) is 11.9. The van der Waals surface area contributed by atoms with Gasteiger partial charge in [-0.05, 0) is 96.4 Å². The summed E-state index contributed by atoms with van der Waals surface area (Å²) in [6.07, 6.45) is 0. The van der Waals surface area contributed by atoms with E-state index >= 15 is 0 Å². The van der Waals surface area contributed by atoms with Crippen LogP contribution in [0.5, 0.6) is 0 Å². The van der Waals surface area contributed by atoms with E-state index in [-0.39, 0.29) is 0 Å². The standard InChI is InChI=1S/C58H38N4/c1-3-18-40(19-4-1)59(44-34-37-56-51(38-44)48-25-11-14-28-55(48)62(56)52-29-15-17-39-16-7-8-22-45(39)52)42-30-32-43(33-31-42)61-54-27-13-10-24-47(54)50-36-35-49-46-23-9-12-26-53(46)60(57(49)58(50)61)41-20-5-2-6-21-41/h1-38H. The van der Waals surface area contributed by atoms with Gasteiger partial charge in [0.25, 0.3) is 0 Å². The molecule has 3 aromatic heterocycles. The Bertz CT molecular complexity index is 3850. The van der Waals surface area contributed by atoms with Gasteiger partial charge in [-0.25, -0.2) is 0 Å². The van der Waals surface area contributed by atoms with Gasteiger partial charge in [-0.3, -0.25) is 0 Å². The van der Waals surface area contributed by atoms with Crippen molar-refractivity contribution in [2.24, 2.45) is 0 Å². The Morgan fingerprint density at radius 2 is 0.710 bits per heavy atom. The maximum absolute atomic E-state index is 2.47. The third kappa shape index (κ3) is 5.07. The second kappa shape index (κ2) is 13.6. The molecule has 0 bridgehead atoms. The molecule has 0 amide bonds. The molecule has 0 aliphatic carbocycles. The summed E-state index contributed by atoms with van der Waals surface area (Å²) in [5.41, 5.74) is 13.9. The molecule has 3 heterocycles. The molecule has 0 saturated heterocycles. The van der Waals surface area contributed by atoms with Crippen molar-refractivity contribution < 1.29 is 0 Å². The zero-order valence-corrected chi connectivity index (χ0v) is 33.7. The molecule has 4 heteroatoms. The van der Waals surface area contributed by atoms with Gasteiger partial charge in [-0.2, -0.15) is 0 Å². The molecule has 0 atom stereocenters. The minimum absolute atomic E-state index is 1.08. The van der Waals surface area contributed by atoms with Crippen LogP contribution in [-0.2, 0) is 0 Å². The van der Waals surface area contributed by atoms with Gasteiger partial charge in [-0.15, -0.1) is 0 Å². The van der Waals surface area contributed by atoms with E-state index in [1.165, 1.54) is 81.9 Å². The third-order valence-electron chi connectivity index (χ3n) is 12.8. The minimum Gasteiger partial charge on any atom is -0.310 e. The Labute approximate surface area is 358 Å². The van der Waals surface area contributed by atoms with Gasteiger partial charge in [0.05, 0.1) is 38.8 Å². The van der Waals surface area contributed by atoms with Crippen molar-refractivity contribution in [2.45, 2.75) is 0 Å². The van der Waals surface area contributed by atoms with Crippen LogP contribution < -0.4 is 4.90 Å². The van der Waals surface area contributed by atoms with E-state index in [1.807, 2.05) is 0 Å². The summed E-state index contributed by atoms with van der Waals surface area (Å²) in [4.78, 5) is 2.38. The third-order valence-corrected chi connectivity index (χ3v) is 12.8. The lowest BCUT2D eigenvalue weighted by Crippen LogP contribution is -2.10. The fourth-order valence-corrected chi connectivity index (χ4v) is 10.2. The van der Waals surface area contributed by atoms with Gasteiger partial charge < -0.3 is 18.6 Å². The van der Waals surface area contributed by atoms with Crippen LogP contribution in [0.25, 0.3) is 93.3 Å². The van der Waals surface area contributed by atoms with Gasteiger partial charge in [0.1, 0.15) is 0 Å². The fourth-order valence-electron chi connectivity index (χ4n) is 10.2. The van der Waals surface area contributed by atoms with Crippen LogP contribution in [0.3, 0.4) is 0 Å². The van der Waals surface area contributed by atoms with Gasteiger partial charge in [0, 0.05) is 66.1 Å². The summed E-state index contributed by atoms with van der Waals surface area (Å²) in [5.74, 6) is 0. The lowest BCUT2D eigenvalue weighted by molar-refractivity contribution is 1.15. The first-order valence-electron chi connectivity index (χ1n) is 21.3. The molecule has 0 radical (unpaired) electrons. The van der Waals surface area contributed by atoms with Crippen molar-refractivity contribution in [2.75, 3.05) is 4.90 Å². The summed E-state index contributed by atoms with van der Waals surface area (Å²) >= 11 is 0. The molecule has 0 unspecified atom stereocenters. The number of fused-ring (bicyclic) bond motifs is 11. The SMILES string of the molecule is c1ccc(N(c2ccc(-n3c4ccccc4c4ccc5c6ccccc6n(-c6ccccc6)c5c43)cc2)c2ccc3c(c2)c2ccccc2n3-c2cccc3ccccc23)cc1. The smallest absolute Gasteiger partial charge is 0.0788 e. The molecule has 290 valence electrons. The van der Waals surface area contributed by atoms with Crippen LogP contribution in [0, 0.1) is 0 Å². The lowest BCUT2D eigenvalue weighted by atomic mass is 10.1. The number of hydrogen-bond acceptors (Lipinski definition) is 1. The molecule has 10 aromatic carbocycles. The Hall–Kier alpha value is -8.34. The molecule has 0 spiro atoms. The number of hydrogen-bond donors (Lipinski definition) is 0. The van der Waals surface area contributed by atoms with E-state index in [2.05, 4.69) is 249 Å². The highest BCUT2D eigenvalue weighted by Crippen LogP contribution is 2.44. The van der Waals surface area contributed by atoms with E-state index in [9.17, 15) is 0 Å². The molecule has 0 aliphatic rings. The maximum atomic E-state index is 2.47. The van der Waals surface area contributed by atoms with Gasteiger partial charge in [0.2, 0.25) is 0 Å². The van der Waals surface area contributed by atoms with Gasteiger partial charge >= 0.3 is 0 Å².